The number of allylic oxidation sites excluding steroid dienone is 1. The first-order valence-corrected chi connectivity index (χ1v) is 10.9. The van der Waals surface area contributed by atoms with Gasteiger partial charge in [0.15, 0.2) is 5.78 Å². The number of benzene rings is 4. The summed E-state index contributed by atoms with van der Waals surface area (Å²) < 4.78 is 0. The van der Waals surface area contributed by atoms with Crippen molar-refractivity contribution < 1.29 is 4.79 Å². The van der Waals surface area contributed by atoms with Gasteiger partial charge in [0.1, 0.15) is 0 Å². The summed E-state index contributed by atoms with van der Waals surface area (Å²) >= 11 is 12.9. The molecule has 0 radical (unpaired) electrons. The van der Waals surface area contributed by atoms with Crippen molar-refractivity contribution in [2.45, 2.75) is 19.8 Å². The second-order valence-corrected chi connectivity index (χ2v) is 8.63. The molecule has 4 aromatic carbocycles. The van der Waals surface area contributed by atoms with Gasteiger partial charge in [0, 0.05) is 27.4 Å². The summed E-state index contributed by atoms with van der Waals surface area (Å²) in [6.07, 6.45) is 1.02. The van der Waals surface area contributed by atoms with Crippen molar-refractivity contribution in [3.63, 3.8) is 0 Å². The maximum absolute atomic E-state index is 12.7. The number of halogens is 2. The minimum Gasteiger partial charge on any atom is -0.294 e. The Morgan fingerprint density at radius 1 is 0.774 bits per heavy atom. The molecule has 31 heavy (non-hydrogen) atoms. The quantitative estimate of drug-likeness (QED) is 0.274. The summed E-state index contributed by atoms with van der Waals surface area (Å²) in [5, 5.41) is 3.58. The summed E-state index contributed by atoms with van der Waals surface area (Å²) in [4.78, 5) is 12.7. The monoisotopic (exact) mass is 444 g/mol. The predicted molar refractivity (Wildman–Crippen MR) is 132 cm³/mol. The van der Waals surface area contributed by atoms with E-state index in [4.69, 9.17) is 23.2 Å². The van der Waals surface area contributed by atoms with Crippen LogP contribution in [-0.4, -0.2) is 5.78 Å². The summed E-state index contributed by atoms with van der Waals surface area (Å²) in [6.45, 7) is 5.88. The maximum atomic E-state index is 12.7. The maximum Gasteiger partial charge on any atom is 0.167 e. The summed E-state index contributed by atoms with van der Waals surface area (Å²) in [5.74, 6) is 0.0702. The number of Topliss-reactive ketones (excluding diaryl/α,β-unsaturated/α-hetero) is 1. The van der Waals surface area contributed by atoms with Crippen molar-refractivity contribution in [1.82, 2.24) is 0 Å². The number of hydrogen-bond acceptors (Lipinski definition) is 1. The number of fused-ring (bicyclic) bond motifs is 1. The lowest BCUT2D eigenvalue weighted by Gasteiger charge is -2.11. The van der Waals surface area contributed by atoms with Crippen molar-refractivity contribution in [3.8, 4) is 0 Å². The molecular formula is C28H22Cl2O. The standard InChI is InChI=1S/C28H22Cl2O/c1-18(2)20-9-11-21(12-10-20)28(31)16-19-7-8-23(27(30)15-19)17-22-13-14-26(29)25-6-4-3-5-24(22)25/h3-15H,1,16-17H2,2H3. The van der Waals surface area contributed by atoms with Gasteiger partial charge in [-0.25, -0.2) is 0 Å². The van der Waals surface area contributed by atoms with E-state index in [1.807, 2.05) is 79.7 Å². The van der Waals surface area contributed by atoms with Crippen molar-refractivity contribution in [3.05, 3.63) is 123 Å². The molecule has 0 atom stereocenters. The minimum atomic E-state index is 0.0702. The summed E-state index contributed by atoms with van der Waals surface area (Å²) in [6, 6.07) is 25.6. The van der Waals surface area contributed by atoms with E-state index in [-0.39, 0.29) is 5.78 Å². The molecule has 154 valence electrons. The van der Waals surface area contributed by atoms with Gasteiger partial charge in [-0.3, -0.25) is 4.79 Å². The highest BCUT2D eigenvalue weighted by molar-refractivity contribution is 6.35. The SMILES string of the molecule is C=C(C)c1ccc(C(=O)Cc2ccc(Cc3ccc(Cl)c4ccccc34)c(Cl)c2)cc1. The first-order chi connectivity index (χ1) is 14.9. The molecule has 0 aliphatic carbocycles. The van der Waals surface area contributed by atoms with Gasteiger partial charge >= 0.3 is 0 Å². The van der Waals surface area contributed by atoms with Gasteiger partial charge in [0.05, 0.1) is 0 Å². The van der Waals surface area contributed by atoms with Crippen molar-refractivity contribution in [2.75, 3.05) is 0 Å². The first-order valence-electron chi connectivity index (χ1n) is 10.1. The highest BCUT2D eigenvalue weighted by Crippen LogP contribution is 2.30. The molecule has 0 N–H and O–H groups in total. The van der Waals surface area contributed by atoms with Crippen molar-refractivity contribution in [2.24, 2.45) is 0 Å². The fraction of sp³-hybridized carbons (Fsp3) is 0.107. The second kappa shape index (κ2) is 9.09. The third-order valence-corrected chi connectivity index (χ3v) is 6.21. The number of rotatable bonds is 6. The van der Waals surface area contributed by atoms with Crippen LogP contribution in [0.2, 0.25) is 10.0 Å². The van der Waals surface area contributed by atoms with E-state index in [0.717, 1.165) is 38.1 Å². The molecule has 0 aromatic heterocycles. The number of hydrogen-bond donors (Lipinski definition) is 0. The van der Waals surface area contributed by atoms with Crippen molar-refractivity contribution >= 4 is 45.3 Å². The third kappa shape index (κ3) is 4.74. The highest BCUT2D eigenvalue weighted by Gasteiger charge is 2.11. The zero-order valence-electron chi connectivity index (χ0n) is 17.3. The van der Waals surface area contributed by atoms with E-state index in [2.05, 4.69) is 12.6 Å². The molecule has 0 fully saturated rings. The Morgan fingerprint density at radius 3 is 2.10 bits per heavy atom. The fourth-order valence-electron chi connectivity index (χ4n) is 3.76. The first kappa shape index (κ1) is 21.4. The molecular weight excluding hydrogens is 423 g/mol. The van der Waals surface area contributed by atoms with Crippen LogP contribution in [0.4, 0.5) is 0 Å². The molecule has 0 aliphatic rings. The normalized spacial score (nSPS) is 10.9. The Morgan fingerprint density at radius 2 is 1.42 bits per heavy atom. The van der Waals surface area contributed by atoms with Crippen LogP contribution in [-0.2, 0) is 12.8 Å². The minimum absolute atomic E-state index is 0.0702. The Hall–Kier alpha value is -2.87. The van der Waals surface area contributed by atoms with E-state index < -0.39 is 0 Å². The van der Waals surface area contributed by atoms with Crippen molar-refractivity contribution in [1.29, 1.82) is 0 Å². The molecule has 0 saturated carbocycles. The lowest BCUT2D eigenvalue weighted by molar-refractivity contribution is 0.0993. The smallest absolute Gasteiger partial charge is 0.167 e. The van der Waals surface area contributed by atoms with Gasteiger partial charge in [0.25, 0.3) is 0 Å². The van der Waals surface area contributed by atoms with E-state index in [9.17, 15) is 4.79 Å². The van der Waals surface area contributed by atoms with Crippen LogP contribution in [0.5, 0.6) is 0 Å². The second-order valence-electron chi connectivity index (χ2n) is 7.81. The van der Waals surface area contributed by atoms with Gasteiger partial charge in [-0.1, -0.05) is 102 Å². The predicted octanol–water partition coefficient (Wildman–Crippen LogP) is 8.20. The molecule has 0 heterocycles. The topological polar surface area (TPSA) is 17.1 Å². The fourth-order valence-corrected chi connectivity index (χ4v) is 4.25. The van der Waals surface area contributed by atoms with E-state index in [1.54, 1.807) is 0 Å². The lowest BCUT2D eigenvalue weighted by atomic mass is 9.96. The third-order valence-electron chi connectivity index (χ3n) is 5.52. The van der Waals surface area contributed by atoms with Crippen LogP contribution in [0.1, 0.15) is 39.5 Å². The number of carbonyl (C=O) groups is 1. The van der Waals surface area contributed by atoms with Gasteiger partial charge in [-0.05, 0) is 53.1 Å². The number of carbonyl (C=O) groups excluding carboxylic acids is 1. The van der Waals surface area contributed by atoms with Gasteiger partial charge in [-0.15, -0.1) is 0 Å². The molecule has 0 aliphatic heterocycles. The average Bonchev–Trinajstić information content (AvgIpc) is 2.77. The van der Waals surface area contributed by atoms with Crippen LogP contribution >= 0.6 is 23.2 Å². The molecule has 0 spiro atoms. The number of ketones is 1. The molecule has 0 amide bonds. The van der Waals surface area contributed by atoms with Crippen LogP contribution < -0.4 is 0 Å². The highest BCUT2D eigenvalue weighted by atomic mass is 35.5. The van der Waals surface area contributed by atoms with E-state index in [1.165, 1.54) is 5.56 Å². The van der Waals surface area contributed by atoms with E-state index >= 15 is 0 Å². The molecule has 3 heteroatoms. The van der Waals surface area contributed by atoms with Gasteiger partial charge in [-0.2, -0.15) is 0 Å². The largest absolute Gasteiger partial charge is 0.294 e. The van der Waals surface area contributed by atoms with Crippen LogP contribution in [0.25, 0.3) is 16.3 Å². The lowest BCUT2D eigenvalue weighted by Crippen LogP contribution is -2.04. The zero-order chi connectivity index (χ0) is 22.0. The van der Waals surface area contributed by atoms with Gasteiger partial charge < -0.3 is 0 Å². The summed E-state index contributed by atoms with van der Waals surface area (Å²) in [7, 11) is 0. The molecule has 0 saturated heterocycles. The average molecular weight is 445 g/mol. The Labute approximate surface area is 192 Å². The van der Waals surface area contributed by atoms with E-state index in [0.29, 0.717) is 23.4 Å². The molecule has 1 nitrogen and oxygen atoms in total. The summed E-state index contributed by atoms with van der Waals surface area (Å²) in [5.41, 5.74) is 5.81. The Balaban J connectivity index is 1.53. The molecule has 0 unspecified atom stereocenters. The Bertz CT molecular complexity index is 1290. The van der Waals surface area contributed by atoms with Gasteiger partial charge in [0.2, 0.25) is 0 Å². The zero-order valence-corrected chi connectivity index (χ0v) is 18.8. The Kier molecular flexibility index (Phi) is 6.27. The molecule has 4 rings (SSSR count). The molecule has 4 aromatic rings. The van der Waals surface area contributed by atoms with Crippen LogP contribution in [0.15, 0.2) is 85.4 Å². The van der Waals surface area contributed by atoms with Crippen LogP contribution in [0.3, 0.4) is 0 Å². The molecule has 0 bridgehead atoms. The van der Waals surface area contributed by atoms with Crippen LogP contribution in [0, 0.1) is 0 Å².